The average Bonchev–Trinajstić information content (AvgIpc) is 2.55. The first-order chi connectivity index (χ1) is 11.5. The molecule has 0 radical (unpaired) electrons. The van der Waals surface area contributed by atoms with Gasteiger partial charge in [0.15, 0.2) is 11.5 Å². The minimum atomic E-state index is -1.46. The second-order valence-corrected chi connectivity index (χ2v) is 6.48. The summed E-state index contributed by atoms with van der Waals surface area (Å²) in [5, 5.41) is 19.8. The number of aromatic hydroxyl groups is 1. The van der Waals surface area contributed by atoms with Crippen molar-refractivity contribution in [1.29, 1.82) is 0 Å². The smallest absolute Gasteiger partial charge is 0.504 e. The predicted molar refractivity (Wildman–Crippen MR) is 97.6 cm³/mol. The summed E-state index contributed by atoms with van der Waals surface area (Å²) >= 11 is 6.44. The van der Waals surface area contributed by atoms with Crippen LogP contribution in [0.25, 0.3) is 0 Å². The number of benzene rings is 1. The molecule has 0 amide bonds. The first kappa shape index (κ1) is 20.6. The van der Waals surface area contributed by atoms with Crippen LogP contribution in [0.15, 0.2) is 0 Å². The molecule has 0 bridgehead atoms. The van der Waals surface area contributed by atoms with E-state index in [1.165, 1.54) is 0 Å². The minimum absolute atomic E-state index is 0.109. The molecule has 0 aliphatic carbocycles. The number of phenolic OH excluding ortho intramolecular Hbond substituents is 1. The molecule has 0 saturated heterocycles. The van der Waals surface area contributed by atoms with Crippen molar-refractivity contribution in [3.8, 4) is 11.5 Å². The molecule has 0 heterocycles. The molecule has 2 N–H and O–H groups in total. The maximum Gasteiger partial charge on any atom is 0.511 e. The van der Waals surface area contributed by atoms with Crippen LogP contribution in [-0.4, -0.2) is 16.4 Å². The Labute approximate surface area is 149 Å². The zero-order chi connectivity index (χ0) is 18.1. The van der Waals surface area contributed by atoms with Crippen LogP contribution >= 0.6 is 11.6 Å². The summed E-state index contributed by atoms with van der Waals surface area (Å²) in [5.74, 6) is -0.219. The second kappa shape index (κ2) is 10.4. The van der Waals surface area contributed by atoms with E-state index in [2.05, 4.69) is 20.8 Å². The molecule has 5 heteroatoms. The molecular formula is C19H29ClO4. The molecule has 0 saturated carbocycles. The van der Waals surface area contributed by atoms with Gasteiger partial charge in [-0.15, -0.1) is 0 Å². The first-order valence-electron chi connectivity index (χ1n) is 8.93. The van der Waals surface area contributed by atoms with E-state index in [4.69, 9.17) is 21.4 Å². The number of unbranched alkanes of at least 4 members (excludes halogenated alkanes) is 3. The van der Waals surface area contributed by atoms with Gasteiger partial charge in [0.25, 0.3) is 0 Å². The Balaban J connectivity index is 3.50. The van der Waals surface area contributed by atoms with Gasteiger partial charge in [0.2, 0.25) is 0 Å². The Hall–Kier alpha value is -1.42. The van der Waals surface area contributed by atoms with E-state index >= 15 is 0 Å². The molecule has 1 aromatic carbocycles. The number of hydrogen-bond acceptors (Lipinski definition) is 3. The molecule has 0 fully saturated rings. The Morgan fingerprint density at radius 1 is 0.917 bits per heavy atom. The highest BCUT2D eigenvalue weighted by molar-refractivity contribution is 6.33. The van der Waals surface area contributed by atoms with E-state index in [0.717, 1.165) is 68.1 Å². The summed E-state index contributed by atoms with van der Waals surface area (Å²) in [5.41, 5.74) is 2.82. The fourth-order valence-corrected chi connectivity index (χ4v) is 3.25. The van der Waals surface area contributed by atoms with Crippen molar-refractivity contribution in [2.24, 2.45) is 0 Å². The summed E-state index contributed by atoms with van der Waals surface area (Å²) in [6, 6.07) is 0. The molecule has 0 atom stereocenters. The van der Waals surface area contributed by atoms with E-state index in [-0.39, 0.29) is 16.5 Å². The number of rotatable bonds is 10. The van der Waals surface area contributed by atoms with Crippen molar-refractivity contribution in [3.63, 3.8) is 0 Å². The van der Waals surface area contributed by atoms with E-state index < -0.39 is 6.16 Å². The highest BCUT2D eigenvalue weighted by atomic mass is 35.5. The van der Waals surface area contributed by atoms with Gasteiger partial charge in [0, 0.05) is 5.56 Å². The zero-order valence-electron chi connectivity index (χ0n) is 15.0. The maximum atomic E-state index is 11.0. The summed E-state index contributed by atoms with van der Waals surface area (Å²) in [7, 11) is 0. The monoisotopic (exact) mass is 356 g/mol. The number of ether oxygens (including phenoxy) is 1. The Kier molecular flexibility index (Phi) is 8.98. The van der Waals surface area contributed by atoms with Crippen molar-refractivity contribution < 1.29 is 19.7 Å². The van der Waals surface area contributed by atoms with Gasteiger partial charge in [0.1, 0.15) is 0 Å². The van der Waals surface area contributed by atoms with Crippen molar-refractivity contribution >= 4 is 17.8 Å². The predicted octanol–water partition coefficient (Wildman–Crippen LogP) is 6.13. The van der Waals surface area contributed by atoms with Gasteiger partial charge in [-0.25, -0.2) is 4.79 Å². The topological polar surface area (TPSA) is 66.8 Å². The van der Waals surface area contributed by atoms with Crippen LogP contribution in [-0.2, 0) is 19.3 Å². The number of phenols is 1. The van der Waals surface area contributed by atoms with Crippen LogP contribution in [0, 0.1) is 0 Å². The molecule has 4 nitrogen and oxygen atoms in total. The van der Waals surface area contributed by atoms with Gasteiger partial charge in [-0.1, -0.05) is 51.6 Å². The fraction of sp³-hybridized carbons (Fsp3) is 0.632. The third-order valence-corrected chi connectivity index (χ3v) is 4.62. The van der Waals surface area contributed by atoms with Crippen molar-refractivity contribution in [1.82, 2.24) is 0 Å². The summed E-state index contributed by atoms with van der Waals surface area (Å²) in [6.07, 6.45) is 6.80. The van der Waals surface area contributed by atoms with Gasteiger partial charge < -0.3 is 14.9 Å². The lowest BCUT2D eigenvalue weighted by atomic mass is 9.89. The molecule has 0 spiro atoms. The lowest BCUT2D eigenvalue weighted by Crippen LogP contribution is -2.09. The first-order valence-corrected chi connectivity index (χ1v) is 9.31. The highest BCUT2D eigenvalue weighted by Crippen LogP contribution is 2.44. The van der Waals surface area contributed by atoms with Gasteiger partial charge in [-0.2, -0.15) is 0 Å². The van der Waals surface area contributed by atoms with Crippen LogP contribution in [0.5, 0.6) is 11.5 Å². The molecule has 0 unspecified atom stereocenters. The molecule has 1 rings (SSSR count). The molecule has 0 aliphatic rings. The minimum Gasteiger partial charge on any atom is -0.504 e. The highest BCUT2D eigenvalue weighted by Gasteiger charge is 2.24. The van der Waals surface area contributed by atoms with Crippen LogP contribution in [0.4, 0.5) is 4.79 Å². The summed E-state index contributed by atoms with van der Waals surface area (Å²) in [6.45, 7) is 6.32. The maximum absolute atomic E-state index is 11.0. The molecule has 0 aliphatic heterocycles. The largest absolute Gasteiger partial charge is 0.511 e. The fourth-order valence-electron chi connectivity index (χ4n) is 2.91. The van der Waals surface area contributed by atoms with E-state index in [9.17, 15) is 9.90 Å². The van der Waals surface area contributed by atoms with Crippen LogP contribution in [0.2, 0.25) is 5.02 Å². The van der Waals surface area contributed by atoms with Gasteiger partial charge in [-0.3, -0.25) is 0 Å². The third kappa shape index (κ3) is 5.30. The van der Waals surface area contributed by atoms with Crippen molar-refractivity contribution in [3.05, 3.63) is 21.7 Å². The summed E-state index contributed by atoms with van der Waals surface area (Å²) in [4.78, 5) is 11.0. The molecular weight excluding hydrogens is 328 g/mol. The Bertz CT molecular complexity index is 520. The zero-order valence-corrected chi connectivity index (χ0v) is 15.7. The molecule has 24 heavy (non-hydrogen) atoms. The number of halogens is 1. The number of hydrogen-bond donors (Lipinski definition) is 2. The molecule has 1 aromatic rings. The quantitative estimate of drug-likeness (QED) is 0.391. The average molecular weight is 357 g/mol. The summed E-state index contributed by atoms with van der Waals surface area (Å²) < 4.78 is 4.81. The van der Waals surface area contributed by atoms with Crippen LogP contribution < -0.4 is 4.74 Å². The van der Waals surface area contributed by atoms with Crippen molar-refractivity contribution in [2.75, 3.05) is 0 Å². The standard InChI is InChI=1S/C19H29ClO4/c1-4-7-10-13-14(11-8-5-2)16(20)18(24-19(22)23)17(21)15(13)12-9-6-3/h21H,4-12H2,1-3H3,(H,22,23). The lowest BCUT2D eigenvalue weighted by molar-refractivity contribution is 0.142. The number of carboxylic acid groups (broad SMARTS) is 1. The lowest BCUT2D eigenvalue weighted by Gasteiger charge is -2.21. The molecule has 136 valence electrons. The number of carbonyl (C=O) groups is 1. The second-order valence-electron chi connectivity index (χ2n) is 6.11. The van der Waals surface area contributed by atoms with E-state index in [1.807, 2.05) is 0 Å². The molecule has 0 aromatic heterocycles. The third-order valence-electron chi connectivity index (χ3n) is 4.22. The normalized spacial score (nSPS) is 10.8. The van der Waals surface area contributed by atoms with Crippen LogP contribution in [0.1, 0.15) is 76.0 Å². The van der Waals surface area contributed by atoms with E-state index in [0.29, 0.717) is 6.42 Å². The van der Waals surface area contributed by atoms with Crippen LogP contribution in [0.3, 0.4) is 0 Å². The SMILES string of the molecule is CCCCc1c(O)c(OC(=O)O)c(Cl)c(CCCC)c1CCCC. The Morgan fingerprint density at radius 2 is 1.38 bits per heavy atom. The van der Waals surface area contributed by atoms with Crippen molar-refractivity contribution in [2.45, 2.75) is 78.6 Å². The van der Waals surface area contributed by atoms with Gasteiger partial charge >= 0.3 is 6.16 Å². The Morgan fingerprint density at radius 3 is 1.83 bits per heavy atom. The van der Waals surface area contributed by atoms with Gasteiger partial charge in [0.05, 0.1) is 5.02 Å². The van der Waals surface area contributed by atoms with E-state index in [1.54, 1.807) is 0 Å². The van der Waals surface area contributed by atoms with Gasteiger partial charge in [-0.05, 0) is 49.7 Å².